The van der Waals surface area contributed by atoms with Crippen molar-refractivity contribution in [3.63, 3.8) is 0 Å². The Morgan fingerprint density at radius 1 is 1.20 bits per heavy atom. The van der Waals surface area contributed by atoms with Crippen LogP contribution in [0.2, 0.25) is 0 Å². The van der Waals surface area contributed by atoms with Gasteiger partial charge in [-0.1, -0.05) is 43.0 Å². The molecule has 76 valence electrons. The number of hydrogen-bond donors (Lipinski definition) is 0. The number of fused-ring (bicyclic) bond motifs is 1. The number of benzene rings is 2. The van der Waals surface area contributed by atoms with Crippen molar-refractivity contribution in [3.8, 4) is 5.75 Å². The largest absolute Gasteiger partial charge is 0.488 e. The molecule has 0 aliphatic carbocycles. The maximum atomic E-state index is 5.63. The van der Waals surface area contributed by atoms with E-state index < -0.39 is 0 Å². The van der Waals surface area contributed by atoms with E-state index in [9.17, 15) is 0 Å². The molecule has 0 saturated carbocycles. The minimum atomic E-state index is 0.520. The highest BCUT2D eigenvalue weighted by Gasteiger charge is 2.05. The molecule has 0 amide bonds. The summed E-state index contributed by atoms with van der Waals surface area (Å²) < 4.78 is 6.61. The molecule has 2 rings (SSSR count). The molecule has 0 bridgehead atoms. The number of halogens is 1. The molecule has 0 atom stereocenters. The molecular formula is C13H11BrO. The van der Waals surface area contributed by atoms with Gasteiger partial charge < -0.3 is 4.74 Å². The van der Waals surface area contributed by atoms with E-state index in [1.807, 2.05) is 18.2 Å². The van der Waals surface area contributed by atoms with Gasteiger partial charge in [0.25, 0.3) is 0 Å². The van der Waals surface area contributed by atoms with Crippen LogP contribution >= 0.6 is 15.9 Å². The third kappa shape index (κ3) is 2.05. The zero-order chi connectivity index (χ0) is 10.7. The molecule has 0 unspecified atom stereocenters. The second kappa shape index (κ2) is 4.49. The Morgan fingerprint density at radius 3 is 2.80 bits per heavy atom. The Hall–Kier alpha value is -1.28. The van der Waals surface area contributed by atoms with Crippen molar-refractivity contribution >= 4 is 26.7 Å². The summed E-state index contributed by atoms with van der Waals surface area (Å²) in [5.74, 6) is 0.882. The SMILES string of the molecule is C=CCOc1c(Br)ccc2ccccc12. The van der Waals surface area contributed by atoms with Gasteiger partial charge in [0, 0.05) is 5.39 Å². The fourth-order valence-electron chi connectivity index (χ4n) is 1.51. The van der Waals surface area contributed by atoms with E-state index in [0.29, 0.717) is 6.61 Å². The normalized spacial score (nSPS) is 10.2. The molecule has 0 saturated heterocycles. The zero-order valence-electron chi connectivity index (χ0n) is 8.24. The first kappa shape index (κ1) is 10.2. The fourth-order valence-corrected chi connectivity index (χ4v) is 1.97. The average Bonchev–Trinajstić information content (AvgIpc) is 2.28. The summed E-state index contributed by atoms with van der Waals surface area (Å²) in [5.41, 5.74) is 0. The Kier molecular flexibility index (Phi) is 3.07. The summed E-state index contributed by atoms with van der Waals surface area (Å²) in [7, 11) is 0. The average molecular weight is 263 g/mol. The maximum Gasteiger partial charge on any atom is 0.141 e. The predicted molar refractivity (Wildman–Crippen MR) is 67.3 cm³/mol. The van der Waals surface area contributed by atoms with Gasteiger partial charge in [0.1, 0.15) is 12.4 Å². The van der Waals surface area contributed by atoms with E-state index in [1.54, 1.807) is 6.08 Å². The minimum Gasteiger partial charge on any atom is -0.488 e. The van der Waals surface area contributed by atoms with Gasteiger partial charge in [0.15, 0.2) is 0 Å². The topological polar surface area (TPSA) is 9.23 Å². The van der Waals surface area contributed by atoms with Crippen LogP contribution in [0.15, 0.2) is 53.5 Å². The van der Waals surface area contributed by atoms with Crippen LogP contribution in [-0.4, -0.2) is 6.61 Å². The van der Waals surface area contributed by atoms with Gasteiger partial charge in [-0.3, -0.25) is 0 Å². The van der Waals surface area contributed by atoms with Gasteiger partial charge >= 0.3 is 0 Å². The van der Waals surface area contributed by atoms with E-state index in [1.165, 1.54) is 5.39 Å². The van der Waals surface area contributed by atoms with Crippen LogP contribution in [0, 0.1) is 0 Å². The van der Waals surface area contributed by atoms with Gasteiger partial charge in [0.05, 0.1) is 4.47 Å². The van der Waals surface area contributed by atoms with Crippen molar-refractivity contribution < 1.29 is 4.74 Å². The molecule has 15 heavy (non-hydrogen) atoms. The van der Waals surface area contributed by atoms with Crippen LogP contribution in [0.5, 0.6) is 5.75 Å². The van der Waals surface area contributed by atoms with Crippen molar-refractivity contribution in [1.82, 2.24) is 0 Å². The Labute approximate surface area is 97.5 Å². The van der Waals surface area contributed by atoms with Crippen molar-refractivity contribution in [1.29, 1.82) is 0 Å². The van der Waals surface area contributed by atoms with Gasteiger partial charge in [0.2, 0.25) is 0 Å². The van der Waals surface area contributed by atoms with Crippen LogP contribution in [0.3, 0.4) is 0 Å². The lowest BCUT2D eigenvalue weighted by Gasteiger charge is -2.09. The number of rotatable bonds is 3. The zero-order valence-corrected chi connectivity index (χ0v) is 9.83. The summed E-state index contributed by atoms with van der Waals surface area (Å²) in [6.45, 7) is 4.17. The minimum absolute atomic E-state index is 0.520. The standard InChI is InChI=1S/C13H11BrO/c1-2-9-15-13-11-6-4-3-5-10(11)7-8-12(13)14/h2-8H,1,9H2. The van der Waals surface area contributed by atoms with Gasteiger partial charge in [-0.05, 0) is 27.4 Å². The smallest absolute Gasteiger partial charge is 0.141 e. The molecule has 0 aromatic heterocycles. The van der Waals surface area contributed by atoms with E-state index in [0.717, 1.165) is 15.6 Å². The fraction of sp³-hybridized carbons (Fsp3) is 0.0769. The summed E-state index contributed by atoms with van der Waals surface area (Å²) >= 11 is 3.49. The summed E-state index contributed by atoms with van der Waals surface area (Å²) in [5, 5.41) is 2.30. The quantitative estimate of drug-likeness (QED) is 0.755. The third-order valence-corrected chi connectivity index (χ3v) is 2.80. The Balaban J connectivity index is 2.57. The van der Waals surface area contributed by atoms with Crippen molar-refractivity contribution in [2.75, 3.05) is 6.61 Å². The van der Waals surface area contributed by atoms with Crippen LogP contribution in [0.1, 0.15) is 0 Å². The molecular weight excluding hydrogens is 252 g/mol. The first-order valence-electron chi connectivity index (χ1n) is 4.74. The Morgan fingerprint density at radius 2 is 2.00 bits per heavy atom. The molecule has 0 spiro atoms. The molecule has 0 aliphatic rings. The highest BCUT2D eigenvalue weighted by Crippen LogP contribution is 2.33. The third-order valence-electron chi connectivity index (χ3n) is 2.18. The molecule has 2 aromatic carbocycles. The molecule has 0 radical (unpaired) electrons. The number of hydrogen-bond acceptors (Lipinski definition) is 1. The summed E-state index contributed by atoms with van der Waals surface area (Å²) in [4.78, 5) is 0. The monoisotopic (exact) mass is 262 g/mol. The first-order valence-corrected chi connectivity index (χ1v) is 5.53. The van der Waals surface area contributed by atoms with Gasteiger partial charge in [-0.2, -0.15) is 0 Å². The van der Waals surface area contributed by atoms with E-state index >= 15 is 0 Å². The molecule has 2 aromatic rings. The lowest BCUT2D eigenvalue weighted by atomic mass is 10.1. The van der Waals surface area contributed by atoms with Crippen molar-refractivity contribution in [3.05, 3.63) is 53.5 Å². The molecule has 0 heterocycles. The molecule has 2 heteroatoms. The lowest BCUT2D eigenvalue weighted by Crippen LogP contribution is -1.94. The Bertz CT molecular complexity index is 491. The van der Waals surface area contributed by atoms with E-state index in [2.05, 4.69) is 40.7 Å². The van der Waals surface area contributed by atoms with E-state index in [-0.39, 0.29) is 0 Å². The predicted octanol–water partition coefficient (Wildman–Crippen LogP) is 4.17. The van der Waals surface area contributed by atoms with Crippen LogP contribution in [0.25, 0.3) is 10.8 Å². The van der Waals surface area contributed by atoms with Crippen molar-refractivity contribution in [2.24, 2.45) is 0 Å². The lowest BCUT2D eigenvalue weighted by molar-refractivity contribution is 0.365. The molecule has 0 N–H and O–H groups in total. The van der Waals surface area contributed by atoms with Crippen LogP contribution in [-0.2, 0) is 0 Å². The molecule has 1 nitrogen and oxygen atoms in total. The van der Waals surface area contributed by atoms with Crippen LogP contribution < -0.4 is 4.74 Å². The summed E-state index contributed by atoms with van der Waals surface area (Å²) in [6.07, 6.45) is 1.74. The molecule has 0 aliphatic heterocycles. The first-order chi connectivity index (χ1) is 7.33. The number of ether oxygens (including phenoxy) is 1. The maximum absolute atomic E-state index is 5.63. The highest BCUT2D eigenvalue weighted by atomic mass is 79.9. The highest BCUT2D eigenvalue weighted by molar-refractivity contribution is 9.10. The van der Waals surface area contributed by atoms with Gasteiger partial charge in [-0.25, -0.2) is 0 Å². The second-order valence-corrected chi connectivity index (χ2v) is 4.05. The second-order valence-electron chi connectivity index (χ2n) is 3.20. The summed E-state index contributed by atoms with van der Waals surface area (Å²) in [6, 6.07) is 12.2. The van der Waals surface area contributed by atoms with Crippen LogP contribution in [0.4, 0.5) is 0 Å². The van der Waals surface area contributed by atoms with Crippen molar-refractivity contribution in [2.45, 2.75) is 0 Å². The molecule has 0 fully saturated rings. The van der Waals surface area contributed by atoms with E-state index in [4.69, 9.17) is 4.74 Å². The van der Waals surface area contributed by atoms with Gasteiger partial charge in [-0.15, -0.1) is 0 Å².